The second-order valence-electron chi connectivity index (χ2n) is 15.7. The van der Waals surface area contributed by atoms with Gasteiger partial charge in [-0.25, -0.2) is 9.97 Å². The minimum Gasteiger partial charge on any atom is -0.237 e. The third-order valence-corrected chi connectivity index (χ3v) is 10.4. The number of alkyl halides is 12. The fourth-order valence-corrected chi connectivity index (χ4v) is 6.82. The number of hydrogen-bond acceptors (Lipinski definition) is 2. The van der Waals surface area contributed by atoms with Gasteiger partial charge in [0.1, 0.15) is 6.33 Å². The molecule has 1 heterocycles. The summed E-state index contributed by atoms with van der Waals surface area (Å²) in [6.45, 7) is 0. The van der Waals surface area contributed by atoms with Crippen LogP contribution in [0.15, 0.2) is 146 Å². The maximum absolute atomic E-state index is 13.1. The normalized spacial score (nSPS) is 13.1. The Labute approximate surface area is 394 Å². The van der Waals surface area contributed by atoms with Gasteiger partial charge in [0.2, 0.25) is 0 Å². The van der Waals surface area contributed by atoms with Gasteiger partial charge < -0.3 is 0 Å². The predicted octanol–water partition coefficient (Wildman–Crippen LogP) is 17.6. The number of nitrogens with zero attached hydrogens (tertiary/aromatic N) is 2. The lowest BCUT2D eigenvalue weighted by molar-refractivity contribution is -0.138. The summed E-state index contributed by atoms with van der Waals surface area (Å²) in [6, 6.07) is 31.3. The van der Waals surface area contributed by atoms with Crippen molar-refractivity contribution < 1.29 is 52.7 Å². The van der Waals surface area contributed by atoms with E-state index in [1.54, 1.807) is 79.0 Å². The molecule has 0 saturated carbocycles. The summed E-state index contributed by atoms with van der Waals surface area (Å²) in [5.74, 6) is 0. The first-order valence-corrected chi connectivity index (χ1v) is 21.0. The summed E-state index contributed by atoms with van der Waals surface area (Å²) in [7, 11) is 0. The largest absolute Gasteiger partial charge is 0.416 e. The molecule has 0 amide bonds. The molecule has 0 atom stereocenters. The second-order valence-corrected chi connectivity index (χ2v) is 15.7. The molecule has 70 heavy (non-hydrogen) atoms. The Hall–Kier alpha value is -8.00. The number of halogens is 12. The molecule has 0 aliphatic rings. The molecule has 6 aromatic carbocycles. The Balaban J connectivity index is 1.15. The first kappa shape index (κ1) is 49.9. The topological polar surface area (TPSA) is 25.8 Å². The van der Waals surface area contributed by atoms with Gasteiger partial charge in [-0.3, -0.25) is 0 Å². The highest BCUT2D eigenvalue weighted by Gasteiger charge is 2.32. The van der Waals surface area contributed by atoms with E-state index in [0.29, 0.717) is 67.0 Å². The molecule has 0 aliphatic carbocycles. The van der Waals surface area contributed by atoms with Crippen LogP contribution in [0.2, 0.25) is 0 Å². The lowest BCUT2D eigenvalue weighted by Crippen LogP contribution is -2.03. The molecule has 7 aromatic rings. The van der Waals surface area contributed by atoms with Crippen molar-refractivity contribution in [3.8, 4) is 0 Å². The van der Waals surface area contributed by atoms with Crippen LogP contribution in [0.5, 0.6) is 0 Å². The second kappa shape index (κ2) is 21.1. The lowest BCUT2D eigenvalue weighted by atomic mass is 10.0. The number of rotatable bonds is 12. The van der Waals surface area contributed by atoms with Crippen LogP contribution < -0.4 is 0 Å². The van der Waals surface area contributed by atoms with Crippen LogP contribution >= 0.6 is 0 Å². The molecular formula is C56H36F12N2. The maximum atomic E-state index is 13.1. The van der Waals surface area contributed by atoms with Gasteiger partial charge in [-0.15, -0.1) is 0 Å². The fraction of sp³-hybridized carbons (Fsp3) is 0.0714. The van der Waals surface area contributed by atoms with Crippen LogP contribution in [0.4, 0.5) is 52.7 Å². The molecular weight excluding hydrogens is 929 g/mol. The lowest BCUT2D eigenvalue weighted by Gasteiger charge is -2.06. The van der Waals surface area contributed by atoms with E-state index in [2.05, 4.69) is 9.97 Å². The van der Waals surface area contributed by atoms with Crippen LogP contribution in [0, 0.1) is 0 Å². The van der Waals surface area contributed by atoms with Gasteiger partial charge >= 0.3 is 24.7 Å². The predicted molar refractivity (Wildman–Crippen MR) is 254 cm³/mol. The molecule has 2 nitrogen and oxygen atoms in total. The van der Waals surface area contributed by atoms with Crippen molar-refractivity contribution in [3.05, 3.63) is 235 Å². The van der Waals surface area contributed by atoms with E-state index in [4.69, 9.17) is 0 Å². The number of benzene rings is 6. The van der Waals surface area contributed by atoms with E-state index in [1.807, 2.05) is 36.4 Å². The fourth-order valence-electron chi connectivity index (χ4n) is 6.82. The third-order valence-electron chi connectivity index (χ3n) is 10.4. The minimum atomic E-state index is -4.49. The first-order chi connectivity index (χ1) is 33.1. The van der Waals surface area contributed by atoms with Crippen LogP contribution in [0.1, 0.15) is 89.3 Å². The zero-order chi connectivity index (χ0) is 50.1. The van der Waals surface area contributed by atoms with E-state index in [-0.39, 0.29) is 0 Å². The van der Waals surface area contributed by atoms with Crippen molar-refractivity contribution in [3.63, 3.8) is 0 Å². The summed E-state index contributed by atoms with van der Waals surface area (Å²) in [5.41, 5.74) is 4.03. The summed E-state index contributed by atoms with van der Waals surface area (Å²) in [5, 5.41) is 0. The van der Waals surface area contributed by atoms with Gasteiger partial charge in [0.15, 0.2) is 0 Å². The van der Waals surface area contributed by atoms with Crippen molar-refractivity contribution in [1.82, 2.24) is 9.97 Å². The van der Waals surface area contributed by atoms with E-state index in [1.165, 1.54) is 54.9 Å². The van der Waals surface area contributed by atoms with Gasteiger partial charge in [-0.05, 0) is 159 Å². The molecule has 0 aliphatic heterocycles. The molecule has 0 N–H and O–H groups in total. The standard InChI is InChI=1S/C56H36F12N2/c57-53(58,59)47-19-9-37(10-20-47)1-5-41-29-42(6-2-38-11-21-48(22-12-38)54(60,61)62)32-45(31-41)17-27-51-35-52(70-36-69-51)28-18-46-33-43(7-3-39-13-23-49(24-14-39)55(63,64)65)30-44(34-46)8-4-40-15-25-50(26-16-40)56(66,67)68/h1-36H/b5-1+,6-2+,7-3+,8-4+,27-17+,28-18+. The third kappa shape index (κ3) is 14.5. The number of aromatic nitrogens is 2. The molecule has 7 rings (SSSR count). The van der Waals surface area contributed by atoms with Crippen molar-refractivity contribution >= 4 is 72.9 Å². The van der Waals surface area contributed by atoms with Gasteiger partial charge in [0.05, 0.1) is 33.6 Å². The van der Waals surface area contributed by atoms with Gasteiger partial charge in [-0.2, -0.15) is 52.7 Å². The first-order valence-electron chi connectivity index (χ1n) is 21.0. The molecule has 0 fully saturated rings. The SMILES string of the molecule is FC(F)(F)c1ccc(/C=C/c2cc(/C=C/c3ccc(C(F)(F)F)cc3)cc(/C=C/c3cc(/C=C/c4cc(/C=C/c5ccc(C(F)(F)F)cc5)cc(/C=C/c5ccc(C(F)(F)F)cc5)c4)ncn3)c2)cc1. The Morgan fingerprint density at radius 1 is 0.229 bits per heavy atom. The van der Waals surface area contributed by atoms with Crippen molar-refractivity contribution in [2.45, 2.75) is 24.7 Å². The Kier molecular flexibility index (Phi) is 15.0. The molecule has 0 spiro atoms. The van der Waals surface area contributed by atoms with Crippen molar-refractivity contribution in [1.29, 1.82) is 0 Å². The molecule has 0 unspecified atom stereocenters. The average molecular weight is 965 g/mol. The summed E-state index contributed by atoms with van der Waals surface area (Å²) in [6.07, 6.45) is 3.94. The number of hydrogen-bond donors (Lipinski definition) is 0. The van der Waals surface area contributed by atoms with E-state index >= 15 is 0 Å². The average Bonchev–Trinajstić information content (AvgIpc) is 3.32. The monoisotopic (exact) mass is 964 g/mol. The highest BCUT2D eigenvalue weighted by atomic mass is 19.4. The van der Waals surface area contributed by atoms with Gasteiger partial charge in [0, 0.05) is 0 Å². The highest BCUT2D eigenvalue weighted by Crippen LogP contribution is 2.33. The Morgan fingerprint density at radius 2 is 0.414 bits per heavy atom. The van der Waals surface area contributed by atoms with E-state index in [9.17, 15) is 52.7 Å². The van der Waals surface area contributed by atoms with Gasteiger partial charge in [-0.1, -0.05) is 109 Å². The smallest absolute Gasteiger partial charge is 0.237 e. The summed E-state index contributed by atoms with van der Waals surface area (Å²) in [4.78, 5) is 8.73. The van der Waals surface area contributed by atoms with Crippen molar-refractivity contribution in [2.75, 3.05) is 0 Å². The minimum absolute atomic E-state index is 0.510. The Morgan fingerprint density at radius 3 is 0.614 bits per heavy atom. The summed E-state index contributed by atoms with van der Waals surface area (Å²) < 4.78 is 158. The zero-order valence-corrected chi connectivity index (χ0v) is 36.2. The van der Waals surface area contributed by atoms with Crippen LogP contribution in [0.3, 0.4) is 0 Å². The summed E-state index contributed by atoms with van der Waals surface area (Å²) >= 11 is 0. The molecule has 0 saturated heterocycles. The highest BCUT2D eigenvalue weighted by molar-refractivity contribution is 5.81. The Bertz CT molecular complexity index is 2710. The zero-order valence-electron chi connectivity index (χ0n) is 36.2. The van der Waals surface area contributed by atoms with Crippen molar-refractivity contribution in [2.24, 2.45) is 0 Å². The maximum Gasteiger partial charge on any atom is 0.416 e. The van der Waals surface area contributed by atoms with Crippen LogP contribution in [0.25, 0.3) is 72.9 Å². The molecule has 0 radical (unpaired) electrons. The molecule has 14 heteroatoms. The molecule has 0 bridgehead atoms. The van der Waals surface area contributed by atoms with Gasteiger partial charge in [0.25, 0.3) is 0 Å². The van der Waals surface area contributed by atoms with Crippen LogP contribution in [-0.4, -0.2) is 9.97 Å². The quantitative estimate of drug-likeness (QED) is 0.0901. The molecule has 354 valence electrons. The van der Waals surface area contributed by atoms with E-state index in [0.717, 1.165) is 48.5 Å². The van der Waals surface area contributed by atoms with Crippen LogP contribution in [-0.2, 0) is 24.7 Å². The van der Waals surface area contributed by atoms with E-state index < -0.39 is 47.0 Å². The molecule has 1 aromatic heterocycles.